The first kappa shape index (κ1) is 13.1. The summed E-state index contributed by atoms with van der Waals surface area (Å²) in [5.74, 6) is 2.10. The van der Waals surface area contributed by atoms with E-state index in [2.05, 4.69) is 46.0 Å². The number of aromatic nitrogens is 3. The number of unbranched alkanes of at least 4 members (excludes halogenated alkanes) is 1. The quantitative estimate of drug-likeness (QED) is 0.589. The minimum atomic E-state index is 0.855. The molecule has 0 saturated heterocycles. The lowest BCUT2D eigenvalue weighted by molar-refractivity contribution is 0.687. The number of aryl methyl sites for hydroxylation is 1. The number of hydrogen-bond acceptors (Lipinski definition) is 3. The molecular weight excluding hydrogens is 242 g/mol. The maximum atomic E-state index is 4.26. The number of nitrogens with zero attached hydrogens (tertiary/aromatic N) is 3. The van der Waals surface area contributed by atoms with Gasteiger partial charge in [0, 0.05) is 5.75 Å². The minimum Gasteiger partial charge on any atom is -0.302 e. The van der Waals surface area contributed by atoms with Crippen molar-refractivity contribution in [2.45, 2.75) is 38.4 Å². The molecule has 4 heteroatoms. The molecule has 96 valence electrons. The summed E-state index contributed by atoms with van der Waals surface area (Å²) in [7, 11) is 0. The lowest BCUT2D eigenvalue weighted by atomic mass is 10.2. The highest BCUT2D eigenvalue weighted by Gasteiger charge is 2.09. The Balaban J connectivity index is 2.09. The molecule has 0 saturated carbocycles. The summed E-state index contributed by atoms with van der Waals surface area (Å²) in [6, 6.07) is 10.5. The van der Waals surface area contributed by atoms with Crippen molar-refractivity contribution in [3.05, 3.63) is 41.7 Å². The van der Waals surface area contributed by atoms with E-state index in [4.69, 9.17) is 0 Å². The van der Waals surface area contributed by atoms with E-state index in [9.17, 15) is 0 Å². The van der Waals surface area contributed by atoms with Crippen LogP contribution in [-0.4, -0.2) is 20.5 Å². The Morgan fingerprint density at radius 1 is 1.17 bits per heavy atom. The number of hydrogen-bond donors (Lipinski definition) is 0. The average Bonchev–Trinajstić information content (AvgIpc) is 2.73. The van der Waals surface area contributed by atoms with E-state index in [1.807, 2.05) is 13.0 Å². The van der Waals surface area contributed by atoms with Gasteiger partial charge in [0.1, 0.15) is 5.82 Å². The first-order chi connectivity index (χ1) is 8.81. The Morgan fingerprint density at radius 3 is 2.67 bits per heavy atom. The molecule has 2 rings (SSSR count). The topological polar surface area (TPSA) is 30.7 Å². The van der Waals surface area contributed by atoms with E-state index in [0.29, 0.717) is 0 Å². The standard InChI is InChI=1S/C14H19N3S/c1-3-4-10-18-14-16-15-12(2)17(14)11-13-8-6-5-7-9-13/h5-9H,3-4,10-11H2,1-2H3. The van der Waals surface area contributed by atoms with Crippen molar-refractivity contribution in [3.63, 3.8) is 0 Å². The highest BCUT2D eigenvalue weighted by molar-refractivity contribution is 7.99. The Hall–Kier alpha value is -1.29. The molecule has 1 aromatic carbocycles. The van der Waals surface area contributed by atoms with Gasteiger partial charge >= 0.3 is 0 Å². The maximum absolute atomic E-state index is 4.26. The minimum absolute atomic E-state index is 0.855. The van der Waals surface area contributed by atoms with Gasteiger partial charge in [0.2, 0.25) is 0 Å². The third kappa shape index (κ3) is 3.35. The Kier molecular flexibility index (Phi) is 4.81. The summed E-state index contributed by atoms with van der Waals surface area (Å²) in [5.41, 5.74) is 1.29. The molecule has 0 unspecified atom stereocenters. The molecule has 1 heterocycles. The number of thioether (sulfide) groups is 1. The van der Waals surface area contributed by atoms with Crippen molar-refractivity contribution in [3.8, 4) is 0 Å². The van der Waals surface area contributed by atoms with Crippen LogP contribution < -0.4 is 0 Å². The van der Waals surface area contributed by atoms with Crippen LogP contribution in [0.5, 0.6) is 0 Å². The fourth-order valence-electron chi connectivity index (χ4n) is 1.72. The van der Waals surface area contributed by atoms with E-state index >= 15 is 0 Å². The van der Waals surface area contributed by atoms with Crippen molar-refractivity contribution in [2.75, 3.05) is 5.75 Å². The molecule has 0 amide bonds. The van der Waals surface area contributed by atoms with E-state index < -0.39 is 0 Å². The van der Waals surface area contributed by atoms with Crippen LogP contribution in [0.3, 0.4) is 0 Å². The van der Waals surface area contributed by atoms with E-state index in [1.54, 1.807) is 11.8 Å². The Labute approximate surface area is 113 Å². The zero-order chi connectivity index (χ0) is 12.8. The van der Waals surface area contributed by atoms with Crippen LogP contribution in [0.2, 0.25) is 0 Å². The summed E-state index contributed by atoms with van der Waals surface area (Å²) in [6.45, 7) is 5.08. The maximum Gasteiger partial charge on any atom is 0.191 e. The van der Waals surface area contributed by atoms with Gasteiger partial charge in [0.05, 0.1) is 6.54 Å². The van der Waals surface area contributed by atoms with Gasteiger partial charge in [0.25, 0.3) is 0 Å². The summed E-state index contributed by atoms with van der Waals surface area (Å²) >= 11 is 1.80. The molecule has 0 fully saturated rings. The SMILES string of the molecule is CCCCSc1nnc(C)n1Cc1ccccc1. The largest absolute Gasteiger partial charge is 0.302 e. The fraction of sp³-hybridized carbons (Fsp3) is 0.429. The van der Waals surface area contributed by atoms with E-state index in [1.165, 1.54) is 18.4 Å². The molecule has 0 atom stereocenters. The lowest BCUT2D eigenvalue weighted by Crippen LogP contribution is -2.04. The third-order valence-corrected chi connectivity index (χ3v) is 3.87. The normalized spacial score (nSPS) is 10.8. The molecule has 0 bridgehead atoms. The van der Waals surface area contributed by atoms with Crippen LogP contribution in [0.15, 0.2) is 35.5 Å². The first-order valence-corrected chi connectivity index (χ1v) is 7.36. The molecule has 2 aromatic rings. The van der Waals surface area contributed by atoms with E-state index in [0.717, 1.165) is 23.3 Å². The summed E-state index contributed by atoms with van der Waals surface area (Å²) in [4.78, 5) is 0. The summed E-state index contributed by atoms with van der Waals surface area (Å²) in [6.07, 6.45) is 2.45. The molecule has 0 N–H and O–H groups in total. The highest BCUT2D eigenvalue weighted by Crippen LogP contribution is 2.19. The van der Waals surface area contributed by atoms with Gasteiger partial charge in [-0.25, -0.2) is 0 Å². The predicted molar refractivity (Wildman–Crippen MR) is 75.9 cm³/mol. The first-order valence-electron chi connectivity index (χ1n) is 6.37. The van der Waals surface area contributed by atoms with Crippen LogP contribution in [0.25, 0.3) is 0 Å². The lowest BCUT2D eigenvalue weighted by Gasteiger charge is -2.08. The molecule has 0 aliphatic rings. The predicted octanol–water partition coefficient (Wildman–Crippen LogP) is 3.53. The summed E-state index contributed by atoms with van der Waals surface area (Å²) in [5, 5.41) is 9.48. The van der Waals surface area contributed by atoms with Gasteiger partial charge in [-0.1, -0.05) is 55.4 Å². The molecule has 1 aromatic heterocycles. The molecular formula is C14H19N3S. The van der Waals surface area contributed by atoms with Crippen molar-refractivity contribution in [2.24, 2.45) is 0 Å². The molecule has 18 heavy (non-hydrogen) atoms. The highest BCUT2D eigenvalue weighted by atomic mass is 32.2. The monoisotopic (exact) mass is 261 g/mol. The Bertz CT molecular complexity index is 479. The zero-order valence-corrected chi connectivity index (χ0v) is 11.8. The average molecular weight is 261 g/mol. The molecule has 0 aliphatic carbocycles. The molecule has 3 nitrogen and oxygen atoms in total. The molecule has 0 spiro atoms. The van der Waals surface area contributed by atoms with Crippen LogP contribution >= 0.6 is 11.8 Å². The second-order valence-corrected chi connectivity index (χ2v) is 5.37. The smallest absolute Gasteiger partial charge is 0.191 e. The Morgan fingerprint density at radius 2 is 1.94 bits per heavy atom. The van der Waals surface area contributed by atoms with Gasteiger partial charge in [-0.2, -0.15) is 0 Å². The van der Waals surface area contributed by atoms with Crippen molar-refractivity contribution in [1.82, 2.24) is 14.8 Å². The van der Waals surface area contributed by atoms with Gasteiger partial charge in [-0.05, 0) is 18.9 Å². The third-order valence-electron chi connectivity index (χ3n) is 2.81. The number of benzene rings is 1. The van der Waals surface area contributed by atoms with Crippen LogP contribution in [-0.2, 0) is 6.54 Å². The molecule has 0 radical (unpaired) electrons. The van der Waals surface area contributed by atoms with Crippen molar-refractivity contribution < 1.29 is 0 Å². The van der Waals surface area contributed by atoms with Crippen LogP contribution in [0.4, 0.5) is 0 Å². The van der Waals surface area contributed by atoms with Crippen LogP contribution in [0.1, 0.15) is 31.2 Å². The van der Waals surface area contributed by atoms with Gasteiger partial charge < -0.3 is 4.57 Å². The zero-order valence-electron chi connectivity index (χ0n) is 11.0. The van der Waals surface area contributed by atoms with E-state index in [-0.39, 0.29) is 0 Å². The van der Waals surface area contributed by atoms with Gasteiger partial charge in [-0.15, -0.1) is 10.2 Å². The van der Waals surface area contributed by atoms with Crippen molar-refractivity contribution >= 4 is 11.8 Å². The number of rotatable bonds is 6. The second-order valence-electron chi connectivity index (χ2n) is 4.30. The van der Waals surface area contributed by atoms with Gasteiger partial charge in [0.15, 0.2) is 5.16 Å². The molecule has 0 aliphatic heterocycles. The fourth-order valence-corrected chi connectivity index (χ4v) is 2.79. The summed E-state index contributed by atoms with van der Waals surface area (Å²) < 4.78 is 2.19. The van der Waals surface area contributed by atoms with Crippen molar-refractivity contribution in [1.29, 1.82) is 0 Å². The second kappa shape index (κ2) is 6.59. The van der Waals surface area contributed by atoms with Gasteiger partial charge in [-0.3, -0.25) is 0 Å². The van der Waals surface area contributed by atoms with Crippen LogP contribution in [0, 0.1) is 6.92 Å².